The second-order valence-electron chi connectivity index (χ2n) is 3.05. The molecule has 6 heteroatoms. The van der Waals surface area contributed by atoms with Crippen LogP contribution in [-0.4, -0.2) is 15.9 Å². The van der Waals surface area contributed by atoms with E-state index in [1.807, 2.05) is 17.5 Å². The summed E-state index contributed by atoms with van der Waals surface area (Å²) < 4.78 is 1.01. The highest BCUT2D eigenvalue weighted by atomic mass is 35.5. The van der Waals surface area contributed by atoms with Gasteiger partial charge in [-0.25, -0.2) is 4.98 Å². The quantitative estimate of drug-likeness (QED) is 0.773. The minimum atomic E-state index is -0.253. The van der Waals surface area contributed by atoms with Crippen molar-refractivity contribution in [2.45, 2.75) is 6.92 Å². The Morgan fingerprint density at radius 1 is 1.44 bits per heavy atom. The van der Waals surface area contributed by atoms with Gasteiger partial charge in [0.15, 0.2) is 0 Å². The molecule has 2 aromatic rings. The molecule has 0 fully saturated rings. The third-order valence-corrected chi connectivity index (χ3v) is 3.24. The van der Waals surface area contributed by atoms with Gasteiger partial charge in [0.1, 0.15) is 0 Å². The summed E-state index contributed by atoms with van der Waals surface area (Å²) in [7, 11) is 0. The van der Waals surface area contributed by atoms with Gasteiger partial charge in [0.05, 0.1) is 5.69 Å². The first-order valence-electron chi connectivity index (χ1n) is 4.51. The summed E-state index contributed by atoms with van der Waals surface area (Å²) in [5.74, 6) is -0.253. The van der Waals surface area contributed by atoms with Crippen LogP contribution >= 0.6 is 23.1 Å². The molecule has 2 heterocycles. The lowest BCUT2D eigenvalue weighted by Gasteiger charge is -2.05. The maximum Gasteiger partial charge on any atom is 0.240 e. The van der Waals surface area contributed by atoms with Crippen LogP contribution in [0.15, 0.2) is 29.9 Å². The monoisotopic (exact) mass is 253 g/mol. The van der Waals surface area contributed by atoms with Crippen molar-refractivity contribution in [1.82, 2.24) is 9.97 Å². The van der Waals surface area contributed by atoms with Crippen molar-refractivity contribution in [2.75, 3.05) is 4.42 Å². The number of hydrogen-bond donors (Lipinski definition) is 0. The number of aromatic nitrogens is 2. The lowest BCUT2D eigenvalue weighted by atomic mass is 10.2. The SMILES string of the molecule is CC(=O)N(Cl)c1nc(-c2ccncc2)cs1. The number of hydrogen-bond acceptors (Lipinski definition) is 4. The Morgan fingerprint density at radius 3 is 2.75 bits per heavy atom. The third-order valence-electron chi connectivity index (χ3n) is 1.91. The largest absolute Gasteiger partial charge is 0.273 e. The molecule has 0 aliphatic rings. The van der Waals surface area contributed by atoms with Crippen molar-refractivity contribution >= 4 is 34.2 Å². The van der Waals surface area contributed by atoms with Gasteiger partial charge in [0, 0.05) is 42.0 Å². The second kappa shape index (κ2) is 4.59. The molecule has 0 bridgehead atoms. The normalized spacial score (nSPS) is 10.1. The minimum absolute atomic E-state index is 0.253. The highest BCUT2D eigenvalue weighted by Gasteiger charge is 2.13. The minimum Gasteiger partial charge on any atom is -0.273 e. The Kier molecular flexibility index (Phi) is 3.17. The molecule has 0 aromatic carbocycles. The van der Waals surface area contributed by atoms with Gasteiger partial charge in [-0.05, 0) is 12.1 Å². The van der Waals surface area contributed by atoms with E-state index in [9.17, 15) is 4.79 Å². The first kappa shape index (κ1) is 11.0. The summed E-state index contributed by atoms with van der Waals surface area (Å²) in [4.78, 5) is 19.2. The molecule has 0 N–H and O–H groups in total. The molecule has 0 radical (unpaired) electrons. The van der Waals surface area contributed by atoms with E-state index < -0.39 is 0 Å². The van der Waals surface area contributed by atoms with Crippen LogP contribution in [0.1, 0.15) is 6.92 Å². The van der Waals surface area contributed by atoms with Gasteiger partial charge in [0.2, 0.25) is 11.0 Å². The van der Waals surface area contributed by atoms with E-state index in [0.29, 0.717) is 5.13 Å². The molecule has 2 rings (SSSR count). The number of halogens is 1. The maximum atomic E-state index is 11.0. The molecule has 16 heavy (non-hydrogen) atoms. The van der Waals surface area contributed by atoms with Crippen LogP contribution in [0.25, 0.3) is 11.3 Å². The van der Waals surface area contributed by atoms with Gasteiger partial charge in [-0.15, -0.1) is 11.3 Å². The number of pyridine rings is 1. The van der Waals surface area contributed by atoms with E-state index >= 15 is 0 Å². The lowest BCUT2D eigenvalue weighted by Crippen LogP contribution is -2.15. The van der Waals surface area contributed by atoms with E-state index in [-0.39, 0.29) is 5.91 Å². The Balaban J connectivity index is 2.30. The molecule has 0 saturated heterocycles. The van der Waals surface area contributed by atoms with Crippen molar-refractivity contribution in [3.63, 3.8) is 0 Å². The van der Waals surface area contributed by atoms with Gasteiger partial charge in [0.25, 0.3) is 0 Å². The highest BCUT2D eigenvalue weighted by Crippen LogP contribution is 2.27. The number of carbonyl (C=O) groups excluding carboxylic acids is 1. The van der Waals surface area contributed by atoms with Crippen LogP contribution in [0.2, 0.25) is 0 Å². The van der Waals surface area contributed by atoms with Crippen LogP contribution in [-0.2, 0) is 4.79 Å². The van der Waals surface area contributed by atoms with E-state index in [0.717, 1.165) is 15.7 Å². The van der Waals surface area contributed by atoms with E-state index in [1.165, 1.54) is 18.3 Å². The maximum absolute atomic E-state index is 11.0. The van der Waals surface area contributed by atoms with E-state index in [2.05, 4.69) is 9.97 Å². The molecule has 0 atom stereocenters. The van der Waals surface area contributed by atoms with Gasteiger partial charge in [-0.3, -0.25) is 9.78 Å². The Labute approximate surface area is 102 Å². The molecule has 4 nitrogen and oxygen atoms in total. The van der Waals surface area contributed by atoms with Crippen LogP contribution in [0.3, 0.4) is 0 Å². The fourth-order valence-corrected chi connectivity index (χ4v) is 2.08. The second-order valence-corrected chi connectivity index (χ2v) is 4.23. The Bertz CT molecular complexity index is 500. The number of nitrogens with zero attached hydrogens (tertiary/aromatic N) is 3. The van der Waals surface area contributed by atoms with Gasteiger partial charge < -0.3 is 0 Å². The fourth-order valence-electron chi connectivity index (χ4n) is 1.14. The average molecular weight is 254 g/mol. The molecule has 1 amide bonds. The molecule has 82 valence electrons. The number of anilines is 1. The zero-order chi connectivity index (χ0) is 11.5. The van der Waals surface area contributed by atoms with Gasteiger partial charge in [-0.1, -0.05) is 0 Å². The summed E-state index contributed by atoms with van der Waals surface area (Å²) in [6, 6.07) is 3.70. The first-order chi connectivity index (χ1) is 7.68. The molecule has 0 saturated carbocycles. The van der Waals surface area contributed by atoms with E-state index in [4.69, 9.17) is 11.8 Å². The summed E-state index contributed by atoms with van der Waals surface area (Å²) in [5.41, 5.74) is 1.74. The van der Waals surface area contributed by atoms with Crippen LogP contribution < -0.4 is 4.42 Å². The topological polar surface area (TPSA) is 46.1 Å². The lowest BCUT2D eigenvalue weighted by molar-refractivity contribution is -0.115. The van der Waals surface area contributed by atoms with Crippen LogP contribution in [0, 0.1) is 0 Å². The van der Waals surface area contributed by atoms with Gasteiger partial charge >= 0.3 is 0 Å². The zero-order valence-corrected chi connectivity index (χ0v) is 10.00. The number of amides is 1. The number of rotatable bonds is 2. The molecule has 0 unspecified atom stereocenters. The van der Waals surface area contributed by atoms with Crippen molar-refractivity contribution in [1.29, 1.82) is 0 Å². The Morgan fingerprint density at radius 2 is 2.12 bits per heavy atom. The zero-order valence-electron chi connectivity index (χ0n) is 8.42. The first-order valence-corrected chi connectivity index (χ1v) is 5.72. The highest BCUT2D eigenvalue weighted by molar-refractivity contribution is 7.14. The predicted molar refractivity (Wildman–Crippen MR) is 64.4 cm³/mol. The molecular formula is C10H8ClN3OS. The smallest absolute Gasteiger partial charge is 0.240 e. The Hall–Kier alpha value is -1.46. The van der Waals surface area contributed by atoms with Crippen molar-refractivity contribution in [3.8, 4) is 11.3 Å². The molecule has 2 aromatic heterocycles. The molecule has 0 aliphatic heterocycles. The van der Waals surface area contributed by atoms with Gasteiger partial charge in [-0.2, -0.15) is 4.42 Å². The summed E-state index contributed by atoms with van der Waals surface area (Å²) >= 11 is 7.08. The average Bonchev–Trinajstić information content (AvgIpc) is 2.78. The number of thiazole rings is 1. The standard InChI is InChI=1S/C10H8ClN3OS/c1-7(15)14(11)10-13-9(6-16-10)8-2-4-12-5-3-8/h2-6H,1H3. The van der Waals surface area contributed by atoms with Crippen LogP contribution in [0.5, 0.6) is 0 Å². The fraction of sp³-hybridized carbons (Fsp3) is 0.100. The third kappa shape index (κ3) is 2.20. The summed E-state index contributed by atoms with van der Waals surface area (Å²) in [6.45, 7) is 1.39. The molecular weight excluding hydrogens is 246 g/mol. The van der Waals surface area contributed by atoms with E-state index in [1.54, 1.807) is 12.4 Å². The summed E-state index contributed by atoms with van der Waals surface area (Å²) in [5, 5.41) is 2.32. The van der Waals surface area contributed by atoms with Crippen LogP contribution in [0.4, 0.5) is 5.13 Å². The van der Waals surface area contributed by atoms with Crippen molar-refractivity contribution < 1.29 is 4.79 Å². The molecule has 0 aliphatic carbocycles. The number of carbonyl (C=O) groups is 1. The predicted octanol–water partition coefficient (Wildman–Crippen LogP) is 2.71. The summed E-state index contributed by atoms with van der Waals surface area (Å²) in [6.07, 6.45) is 3.38. The van der Waals surface area contributed by atoms with Crippen molar-refractivity contribution in [2.24, 2.45) is 0 Å². The van der Waals surface area contributed by atoms with Crippen molar-refractivity contribution in [3.05, 3.63) is 29.9 Å². The molecule has 0 spiro atoms.